The first-order valence-corrected chi connectivity index (χ1v) is 5.62. The molecule has 0 aliphatic heterocycles. The average molecular weight is 285 g/mol. The number of nitrogens with zero attached hydrogens (tertiary/aromatic N) is 1. The van der Waals surface area contributed by atoms with Crippen LogP contribution in [0.15, 0.2) is 28.9 Å². The summed E-state index contributed by atoms with van der Waals surface area (Å²) >= 11 is 0. The van der Waals surface area contributed by atoms with E-state index in [2.05, 4.69) is 15.5 Å². The standard InChI is InChI=1S/C12H16N4O2.ClH/c1-12(2,13)7-14-11(17)9-6-8(15-16-9)10-4-3-5-18-10;/h3-6H,7,13H2,1-2H3,(H,14,17)(H,15,16);1H. The number of rotatable bonds is 4. The predicted octanol–water partition coefficient (Wildman–Crippen LogP) is 1.56. The molecule has 0 bridgehead atoms. The van der Waals surface area contributed by atoms with Gasteiger partial charge < -0.3 is 15.5 Å². The zero-order chi connectivity index (χ0) is 13.2. The van der Waals surface area contributed by atoms with Crippen molar-refractivity contribution in [2.45, 2.75) is 19.4 Å². The molecule has 104 valence electrons. The zero-order valence-corrected chi connectivity index (χ0v) is 11.6. The van der Waals surface area contributed by atoms with E-state index < -0.39 is 5.54 Å². The van der Waals surface area contributed by atoms with Crippen molar-refractivity contribution in [1.82, 2.24) is 15.5 Å². The number of nitrogens with two attached hydrogens (primary N) is 1. The van der Waals surface area contributed by atoms with Gasteiger partial charge in [0.2, 0.25) is 0 Å². The number of amides is 1. The number of carbonyl (C=O) groups excluding carboxylic acids is 1. The fraction of sp³-hybridized carbons (Fsp3) is 0.333. The van der Waals surface area contributed by atoms with Gasteiger partial charge in [0, 0.05) is 18.2 Å². The number of aromatic nitrogens is 2. The molecule has 0 unspecified atom stereocenters. The number of H-pyrrole nitrogens is 1. The Balaban J connectivity index is 0.00000180. The molecule has 2 heterocycles. The molecule has 0 atom stereocenters. The molecule has 0 saturated carbocycles. The molecule has 2 aromatic rings. The SMILES string of the molecule is CC(C)(N)CNC(=O)c1cc(-c2ccco2)[nH]n1.Cl. The van der Waals surface area contributed by atoms with E-state index >= 15 is 0 Å². The van der Waals surface area contributed by atoms with Gasteiger partial charge in [0.05, 0.1) is 6.26 Å². The monoisotopic (exact) mass is 284 g/mol. The molecule has 6 nitrogen and oxygen atoms in total. The molecular formula is C12H17ClN4O2. The maximum Gasteiger partial charge on any atom is 0.271 e. The molecule has 0 spiro atoms. The highest BCUT2D eigenvalue weighted by molar-refractivity contribution is 5.93. The number of furan rings is 1. The van der Waals surface area contributed by atoms with Crippen molar-refractivity contribution in [3.05, 3.63) is 30.2 Å². The minimum Gasteiger partial charge on any atom is -0.463 e. The predicted molar refractivity (Wildman–Crippen MR) is 74.1 cm³/mol. The summed E-state index contributed by atoms with van der Waals surface area (Å²) in [6.07, 6.45) is 1.56. The van der Waals surface area contributed by atoms with Gasteiger partial charge >= 0.3 is 0 Å². The smallest absolute Gasteiger partial charge is 0.271 e. The Morgan fingerprint density at radius 1 is 1.58 bits per heavy atom. The summed E-state index contributed by atoms with van der Waals surface area (Å²) in [4.78, 5) is 11.8. The van der Waals surface area contributed by atoms with Crippen molar-refractivity contribution in [3.63, 3.8) is 0 Å². The number of hydrogen-bond donors (Lipinski definition) is 3. The van der Waals surface area contributed by atoms with Crippen LogP contribution >= 0.6 is 12.4 Å². The van der Waals surface area contributed by atoms with Crippen LogP contribution in [0.5, 0.6) is 0 Å². The summed E-state index contributed by atoms with van der Waals surface area (Å²) < 4.78 is 5.20. The lowest BCUT2D eigenvalue weighted by Gasteiger charge is -2.18. The average Bonchev–Trinajstić information content (AvgIpc) is 2.94. The molecule has 0 aromatic carbocycles. The molecule has 2 rings (SSSR count). The number of hydrogen-bond acceptors (Lipinski definition) is 4. The van der Waals surface area contributed by atoms with E-state index in [1.165, 1.54) is 0 Å². The fourth-order valence-electron chi connectivity index (χ4n) is 1.39. The van der Waals surface area contributed by atoms with Crippen molar-refractivity contribution in [1.29, 1.82) is 0 Å². The summed E-state index contributed by atoms with van der Waals surface area (Å²) in [6.45, 7) is 4.06. The van der Waals surface area contributed by atoms with Gasteiger partial charge in [-0.3, -0.25) is 9.89 Å². The Labute approximate surface area is 117 Å². The zero-order valence-electron chi connectivity index (χ0n) is 10.8. The van der Waals surface area contributed by atoms with E-state index in [9.17, 15) is 4.79 Å². The summed E-state index contributed by atoms with van der Waals surface area (Å²) in [6, 6.07) is 5.20. The lowest BCUT2D eigenvalue weighted by Crippen LogP contribution is -2.45. The quantitative estimate of drug-likeness (QED) is 0.794. The lowest BCUT2D eigenvalue weighted by atomic mass is 10.1. The molecule has 0 fully saturated rings. The highest BCUT2D eigenvalue weighted by Crippen LogP contribution is 2.17. The molecule has 4 N–H and O–H groups in total. The Kier molecular flexibility index (Phi) is 4.74. The minimum atomic E-state index is -0.449. The van der Waals surface area contributed by atoms with Crippen LogP contribution in [0.3, 0.4) is 0 Å². The first-order valence-electron chi connectivity index (χ1n) is 5.62. The largest absolute Gasteiger partial charge is 0.463 e. The van der Waals surface area contributed by atoms with Crippen molar-refractivity contribution in [2.24, 2.45) is 5.73 Å². The molecule has 2 aromatic heterocycles. The molecular weight excluding hydrogens is 268 g/mol. The summed E-state index contributed by atoms with van der Waals surface area (Å²) in [5.74, 6) is 0.378. The van der Waals surface area contributed by atoms with E-state index in [0.29, 0.717) is 23.7 Å². The number of aromatic amines is 1. The number of halogens is 1. The van der Waals surface area contributed by atoms with Crippen LogP contribution in [0.25, 0.3) is 11.5 Å². The van der Waals surface area contributed by atoms with Crippen molar-refractivity contribution < 1.29 is 9.21 Å². The van der Waals surface area contributed by atoms with Crippen LogP contribution in [0.2, 0.25) is 0 Å². The van der Waals surface area contributed by atoms with Gasteiger partial charge in [-0.1, -0.05) is 0 Å². The summed E-state index contributed by atoms with van der Waals surface area (Å²) in [5.41, 5.74) is 6.31. The van der Waals surface area contributed by atoms with Crippen molar-refractivity contribution >= 4 is 18.3 Å². The van der Waals surface area contributed by atoms with Crippen molar-refractivity contribution in [3.8, 4) is 11.5 Å². The third-order valence-corrected chi connectivity index (χ3v) is 2.30. The maximum absolute atomic E-state index is 11.8. The van der Waals surface area contributed by atoms with Gasteiger partial charge in [0.15, 0.2) is 11.5 Å². The Morgan fingerprint density at radius 2 is 2.32 bits per heavy atom. The molecule has 19 heavy (non-hydrogen) atoms. The molecule has 0 aliphatic rings. The second-order valence-electron chi connectivity index (χ2n) is 4.82. The Hall–Kier alpha value is -1.79. The van der Waals surface area contributed by atoms with Crippen LogP contribution in [0.4, 0.5) is 0 Å². The maximum atomic E-state index is 11.8. The highest BCUT2D eigenvalue weighted by Gasteiger charge is 2.16. The van der Waals surface area contributed by atoms with E-state index in [-0.39, 0.29) is 18.3 Å². The second kappa shape index (κ2) is 5.90. The van der Waals surface area contributed by atoms with Gasteiger partial charge in [-0.2, -0.15) is 5.10 Å². The van der Waals surface area contributed by atoms with Crippen LogP contribution in [-0.2, 0) is 0 Å². The summed E-state index contributed by atoms with van der Waals surface area (Å²) in [7, 11) is 0. The molecule has 0 radical (unpaired) electrons. The third kappa shape index (κ3) is 4.11. The minimum absolute atomic E-state index is 0. The summed E-state index contributed by atoms with van der Waals surface area (Å²) in [5, 5.41) is 9.41. The van der Waals surface area contributed by atoms with Gasteiger partial charge in [-0.05, 0) is 26.0 Å². The molecule has 0 aliphatic carbocycles. The number of carbonyl (C=O) groups is 1. The van der Waals surface area contributed by atoms with Crippen molar-refractivity contribution in [2.75, 3.05) is 6.54 Å². The van der Waals surface area contributed by atoms with E-state index in [0.717, 1.165) is 0 Å². The van der Waals surface area contributed by atoms with Crippen LogP contribution in [-0.4, -0.2) is 28.2 Å². The normalized spacial score (nSPS) is 10.9. The molecule has 0 saturated heterocycles. The Bertz CT molecular complexity index is 528. The van der Waals surface area contributed by atoms with E-state index in [1.807, 2.05) is 13.8 Å². The van der Waals surface area contributed by atoms with Crippen LogP contribution in [0, 0.1) is 0 Å². The fourth-order valence-corrected chi connectivity index (χ4v) is 1.39. The lowest BCUT2D eigenvalue weighted by molar-refractivity contribution is 0.0941. The van der Waals surface area contributed by atoms with E-state index in [1.54, 1.807) is 24.5 Å². The highest BCUT2D eigenvalue weighted by atomic mass is 35.5. The topological polar surface area (TPSA) is 96.9 Å². The first kappa shape index (κ1) is 15.3. The third-order valence-electron chi connectivity index (χ3n) is 2.30. The van der Waals surface area contributed by atoms with Gasteiger partial charge in [-0.15, -0.1) is 12.4 Å². The number of nitrogens with one attached hydrogen (secondary N) is 2. The van der Waals surface area contributed by atoms with Crippen LogP contribution < -0.4 is 11.1 Å². The molecule has 1 amide bonds. The van der Waals surface area contributed by atoms with Gasteiger partial charge in [0.25, 0.3) is 5.91 Å². The van der Waals surface area contributed by atoms with Gasteiger partial charge in [0.1, 0.15) is 5.69 Å². The van der Waals surface area contributed by atoms with Crippen LogP contribution in [0.1, 0.15) is 24.3 Å². The first-order chi connectivity index (χ1) is 8.46. The second-order valence-corrected chi connectivity index (χ2v) is 4.82. The molecule has 7 heteroatoms. The Morgan fingerprint density at radius 3 is 2.89 bits per heavy atom. The van der Waals surface area contributed by atoms with Gasteiger partial charge in [-0.25, -0.2) is 0 Å². The van der Waals surface area contributed by atoms with E-state index in [4.69, 9.17) is 10.2 Å².